The van der Waals surface area contributed by atoms with Crippen LogP contribution in [0, 0.1) is 6.92 Å². The van der Waals surface area contributed by atoms with E-state index in [-0.39, 0.29) is 11.9 Å². The van der Waals surface area contributed by atoms with E-state index in [1.807, 2.05) is 63.6 Å². The number of hydrogen-bond donors (Lipinski definition) is 1. The summed E-state index contributed by atoms with van der Waals surface area (Å²) >= 11 is 6.38. The van der Waals surface area contributed by atoms with Crippen LogP contribution in [0.3, 0.4) is 0 Å². The minimum absolute atomic E-state index is 0.0984. The number of aromatic nitrogens is 5. The van der Waals surface area contributed by atoms with Gasteiger partial charge in [-0.25, -0.2) is 9.50 Å². The fraction of sp³-hybridized carbons (Fsp3) is 0.360. The number of benzene rings is 1. The largest absolute Gasteiger partial charge is 0.338 e. The molecule has 8 nitrogen and oxygen atoms in total. The van der Waals surface area contributed by atoms with Crippen LogP contribution in [-0.2, 0) is 0 Å². The number of halogens is 1. The minimum Gasteiger partial charge on any atom is -0.338 e. The molecule has 174 valence electrons. The van der Waals surface area contributed by atoms with E-state index in [1.165, 1.54) is 12.8 Å². The van der Waals surface area contributed by atoms with Gasteiger partial charge in [-0.3, -0.25) is 9.48 Å². The fourth-order valence-electron chi connectivity index (χ4n) is 4.71. The summed E-state index contributed by atoms with van der Waals surface area (Å²) in [5, 5.41) is 13.5. The molecule has 2 fully saturated rings. The molecule has 1 aliphatic heterocycles. The zero-order valence-electron chi connectivity index (χ0n) is 19.0. The summed E-state index contributed by atoms with van der Waals surface area (Å²) < 4.78 is 3.93. The molecule has 9 heteroatoms. The van der Waals surface area contributed by atoms with Gasteiger partial charge in [-0.15, -0.1) is 5.10 Å². The zero-order chi connectivity index (χ0) is 23.2. The van der Waals surface area contributed by atoms with Crippen molar-refractivity contribution in [3.05, 3.63) is 70.8 Å². The number of hydrogen-bond acceptors (Lipinski definition) is 5. The first-order valence-electron chi connectivity index (χ1n) is 11.8. The number of fused-ring (bicyclic) bond motifs is 1. The molecular weight excluding hydrogens is 450 g/mol. The van der Waals surface area contributed by atoms with Crippen molar-refractivity contribution in [3.63, 3.8) is 0 Å². The highest BCUT2D eigenvalue weighted by Crippen LogP contribution is 2.42. The second kappa shape index (κ2) is 8.43. The normalized spacial score (nSPS) is 16.8. The summed E-state index contributed by atoms with van der Waals surface area (Å²) in [6.45, 7) is 3.42. The lowest BCUT2D eigenvalue weighted by atomic mass is 10.0. The predicted octanol–water partition coefficient (Wildman–Crippen LogP) is 4.99. The maximum Gasteiger partial charge on any atom is 0.253 e. The molecule has 6 rings (SSSR count). The molecule has 1 aromatic carbocycles. The molecular formula is C25H26ClN7O. The molecule has 0 atom stereocenters. The van der Waals surface area contributed by atoms with E-state index in [0.717, 1.165) is 54.1 Å². The van der Waals surface area contributed by atoms with Gasteiger partial charge in [-0.1, -0.05) is 29.8 Å². The van der Waals surface area contributed by atoms with Gasteiger partial charge in [0.15, 0.2) is 0 Å². The van der Waals surface area contributed by atoms with Crippen LogP contribution in [-0.4, -0.2) is 48.3 Å². The highest BCUT2D eigenvalue weighted by Gasteiger charge is 2.29. The lowest BCUT2D eigenvalue weighted by Crippen LogP contribution is -2.39. The van der Waals surface area contributed by atoms with Crippen molar-refractivity contribution in [1.29, 1.82) is 0 Å². The summed E-state index contributed by atoms with van der Waals surface area (Å²) in [6.07, 6.45) is 7.88. The summed E-state index contributed by atoms with van der Waals surface area (Å²) in [5.41, 5.74) is 4.49. The number of aryl methyl sites for hydroxylation is 1. The Kier molecular flexibility index (Phi) is 5.25. The average molecular weight is 476 g/mol. The van der Waals surface area contributed by atoms with Crippen molar-refractivity contribution in [2.24, 2.45) is 0 Å². The molecule has 1 amide bonds. The van der Waals surface area contributed by atoms with Gasteiger partial charge in [0.25, 0.3) is 5.91 Å². The molecule has 1 aliphatic carbocycles. The van der Waals surface area contributed by atoms with Gasteiger partial charge in [-0.05, 0) is 50.8 Å². The maximum atomic E-state index is 12.7. The number of carbonyl (C=O) groups is 1. The molecule has 34 heavy (non-hydrogen) atoms. The standard InChI is InChI=1S/C25H26ClN7O/c1-16-21(28-25-27-14-23-20(26)13-22(17-7-8-17)33(23)30-25)15-32(29-16)19-9-11-31(12-10-19)24(34)18-5-3-2-4-6-18/h2-6,13-15,17,19H,7-12H2,1H3,(H,28,30). The zero-order valence-corrected chi connectivity index (χ0v) is 19.7. The Labute approximate surface area is 202 Å². The van der Waals surface area contributed by atoms with E-state index < -0.39 is 0 Å². The second-order valence-electron chi connectivity index (χ2n) is 9.19. The van der Waals surface area contributed by atoms with Crippen LogP contribution >= 0.6 is 11.6 Å². The first kappa shape index (κ1) is 21.2. The summed E-state index contributed by atoms with van der Waals surface area (Å²) in [7, 11) is 0. The van der Waals surface area contributed by atoms with E-state index >= 15 is 0 Å². The first-order chi connectivity index (χ1) is 16.6. The molecule has 1 saturated heterocycles. The fourth-order valence-corrected chi connectivity index (χ4v) is 4.95. The van der Waals surface area contributed by atoms with Crippen molar-refractivity contribution in [2.75, 3.05) is 18.4 Å². The van der Waals surface area contributed by atoms with Crippen LogP contribution in [0.5, 0.6) is 0 Å². The Morgan fingerprint density at radius 2 is 1.85 bits per heavy atom. The third-order valence-electron chi connectivity index (χ3n) is 6.80. The van der Waals surface area contributed by atoms with Crippen LogP contribution in [0.4, 0.5) is 11.6 Å². The van der Waals surface area contributed by atoms with Gasteiger partial charge in [0.05, 0.1) is 28.6 Å². The van der Waals surface area contributed by atoms with Crippen molar-refractivity contribution < 1.29 is 4.79 Å². The molecule has 1 N–H and O–H groups in total. The summed E-state index contributed by atoms with van der Waals surface area (Å²) in [5.74, 6) is 1.15. The monoisotopic (exact) mass is 475 g/mol. The Balaban J connectivity index is 1.15. The van der Waals surface area contributed by atoms with E-state index in [4.69, 9.17) is 21.8 Å². The smallest absolute Gasteiger partial charge is 0.253 e. The maximum absolute atomic E-state index is 12.7. The van der Waals surface area contributed by atoms with Gasteiger partial charge >= 0.3 is 0 Å². The lowest BCUT2D eigenvalue weighted by Gasteiger charge is -2.32. The van der Waals surface area contributed by atoms with E-state index in [1.54, 1.807) is 6.20 Å². The Bertz CT molecular complexity index is 1350. The molecule has 0 spiro atoms. The van der Waals surface area contributed by atoms with Crippen LogP contribution in [0.2, 0.25) is 5.02 Å². The lowest BCUT2D eigenvalue weighted by molar-refractivity contribution is 0.0690. The van der Waals surface area contributed by atoms with Crippen molar-refractivity contribution in [1.82, 2.24) is 29.3 Å². The van der Waals surface area contributed by atoms with E-state index in [0.29, 0.717) is 16.9 Å². The number of anilines is 2. The number of carbonyl (C=O) groups excluding carboxylic acids is 1. The third-order valence-corrected chi connectivity index (χ3v) is 7.10. The van der Waals surface area contributed by atoms with Crippen LogP contribution < -0.4 is 5.32 Å². The average Bonchev–Trinajstić information content (AvgIpc) is 3.58. The number of piperidine rings is 1. The SMILES string of the molecule is Cc1nn(C2CCN(C(=O)c3ccccc3)CC2)cc1Nc1ncc2c(Cl)cc(C3CC3)n2n1. The Hall–Kier alpha value is -3.39. The van der Waals surface area contributed by atoms with Gasteiger partial charge < -0.3 is 10.2 Å². The number of nitrogens with zero attached hydrogens (tertiary/aromatic N) is 6. The van der Waals surface area contributed by atoms with Gasteiger partial charge in [-0.2, -0.15) is 5.10 Å². The minimum atomic E-state index is 0.0984. The number of amides is 1. The van der Waals surface area contributed by atoms with Crippen LogP contribution in [0.25, 0.3) is 5.52 Å². The number of rotatable bonds is 5. The molecule has 0 bridgehead atoms. The first-order valence-corrected chi connectivity index (χ1v) is 12.2. The van der Waals surface area contributed by atoms with Crippen molar-refractivity contribution in [3.8, 4) is 0 Å². The summed E-state index contributed by atoms with van der Waals surface area (Å²) in [4.78, 5) is 19.1. The Morgan fingerprint density at radius 3 is 2.59 bits per heavy atom. The molecule has 4 aromatic rings. The predicted molar refractivity (Wildman–Crippen MR) is 131 cm³/mol. The number of likely N-dealkylation sites (tertiary alicyclic amines) is 1. The quantitative estimate of drug-likeness (QED) is 0.440. The molecule has 2 aliphatic rings. The van der Waals surface area contributed by atoms with Crippen molar-refractivity contribution >= 4 is 34.7 Å². The second-order valence-corrected chi connectivity index (χ2v) is 9.60. The molecule has 0 radical (unpaired) electrons. The molecule has 3 aromatic heterocycles. The van der Waals surface area contributed by atoms with Gasteiger partial charge in [0, 0.05) is 36.5 Å². The van der Waals surface area contributed by atoms with Gasteiger partial charge in [0.2, 0.25) is 5.95 Å². The molecule has 0 unspecified atom stereocenters. The Morgan fingerprint density at radius 1 is 1.09 bits per heavy atom. The summed E-state index contributed by atoms with van der Waals surface area (Å²) in [6, 6.07) is 11.7. The molecule has 1 saturated carbocycles. The highest BCUT2D eigenvalue weighted by molar-refractivity contribution is 6.34. The van der Waals surface area contributed by atoms with Crippen LogP contribution in [0.1, 0.15) is 59.4 Å². The van der Waals surface area contributed by atoms with Crippen molar-refractivity contribution in [2.45, 2.75) is 44.6 Å². The van der Waals surface area contributed by atoms with E-state index in [2.05, 4.69) is 10.3 Å². The van der Waals surface area contributed by atoms with Crippen LogP contribution in [0.15, 0.2) is 48.8 Å². The number of nitrogens with one attached hydrogen (secondary N) is 1. The van der Waals surface area contributed by atoms with Gasteiger partial charge in [0.1, 0.15) is 5.52 Å². The molecule has 4 heterocycles. The highest BCUT2D eigenvalue weighted by atomic mass is 35.5. The third kappa shape index (κ3) is 3.92. The van der Waals surface area contributed by atoms with E-state index in [9.17, 15) is 4.79 Å². The topological polar surface area (TPSA) is 80.4 Å².